The van der Waals surface area contributed by atoms with E-state index in [2.05, 4.69) is 35.5 Å². The molecule has 20 heavy (non-hydrogen) atoms. The van der Waals surface area contributed by atoms with Crippen LogP contribution in [0.25, 0.3) is 5.95 Å². The zero-order chi connectivity index (χ0) is 13.9. The molecule has 0 fully saturated rings. The van der Waals surface area contributed by atoms with Gasteiger partial charge in [0.05, 0.1) is 6.20 Å². The van der Waals surface area contributed by atoms with Crippen LogP contribution >= 0.6 is 11.6 Å². The van der Waals surface area contributed by atoms with Crippen molar-refractivity contribution in [1.82, 2.24) is 34.7 Å². The molecule has 0 aliphatic heterocycles. The molecule has 0 atom stereocenters. The van der Waals surface area contributed by atoms with Gasteiger partial charge in [0.15, 0.2) is 0 Å². The van der Waals surface area contributed by atoms with Gasteiger partial charge in [-0.2, -0.15) is 20.1 Å². The second kappa shape index (κ2) is 5.25. The van der Waals surface area contributed by atoms with Crippen molar-refractivity contribution in [2.24, 2.45) is 0 Å². The van der Waals surface area contributed by atoms with Crippen molar-refractivity contribution in [3.8, 4) is 5.95 Å². The molecule has 0 aliphatic rings. The Bertz CT molecular complexity index is 705. The van der Waals surface area contributed by atoms with Crippen molar-refractivity contribution in [3.63, 3.8) is 0 Å². The van der Waals surface area contributed by atoms with Gasteiger partial charge in [0, 0.05) is 30.2 Å². The van der Waals surface area contributed by atoms with Gasteiger partial charge in [-0.05, 0) is 18.5 Å². The number of rotatable bonds is 4. The molecule has 0 aliphatic carbocycles. The van der Waals surface area contributed by atoms with Gasteiger partial charge >= 0.3 is 0 Å². The predicted molar refractivity (Wildman–Crippen MR) is 72.6 cm³/mol. The summed E-state index contributed by atoms with van der Waals surface area (Å²) in [6, 6.07) is 0. The van der Waals surface area contributed by atoms with E-state index in [0.29, 0.717) is 18.4 Å². The summed E-state index contributed by atoms with van der Waals surface area (Å²) in [5.41, 5.74) is 2.03. The summed E-state index contributed by atoms with van der Waals surface area (Å²) >= 11 is 5.90. The van der Waals surface area contributed by atoms with Crippen molar-refractivity contribution in [1.29, 1.82) is 0 Å². The van der Waals surface area contributed by atoms with Crippen LogP contribution < -0.4 is 5.32 Å². The quantitative estimate of drug-likeness (QED) is 0.753. The molecule has 0 saturated heterocycles. The summed E-state index contributed by atoms with van der Waals surface area (Å²) in [4.78, 5) is 16.3. The minimum atomic E-state index is 0.120. The number of hydrogen-bond donors (Lipinski definition) is 2. The number of H-pyrrole nitrogens is 1. The van der Waals surface area contributed by atoms with Crippen molar-refractivity contribution in [2.45, 2.75) is 13.5 Å². The maximum atomic E-state index is 5.90. The number of anilines is 1. The van der Waals surface area contributed by atoms with Gasteiger partial charge in [-0.25, -0.2) is 4.98 Å². The van der Waals surface area contributed by atoms with E-state index in [9.17, 15) is 0 Å². The van der Waals surface area contributed by atoms with E-state index in [4.69, 9.17) is 11.6 Å². The minimum absolute atomic E-state index is 0.120. The number of aryl methyl sites for hydroxylation is 1. The molecule has 2 N–H and O–H groups in total. The first-order chi connectivity index (χ1) is 9.72. The highest BCUT2D eigenvalue weighted by Gasteiger charge is 2.07. The number of aromatic amines is 1. The van der Waals surface area contributed by atoms with Crippen molar-refractivity contribution in [2.75, 3.05) is 5.32 Å². The number of aromatic nitrogens is 7. The number of imidazole rings is 1. The number of nitrogens with one attached hydrogen (secondary N) is 2. The third-order valence-corrected chi connectivity index (χ3v) is 2.87. The zero-order valence-electron chi connectivity index (χ0n) is 10.6. The second-order valence-electron chi connectivity index (χ2n) is 4.07. The number of hydrogen-bond acceptors (Lipinski definition) is 6. The van der Waals surface area contributed by atoms with Crippen LogP contribution in [-0.4, -0.2) is 34.7 Å². The van der Waals surface area contributed by atoms with E-state index in [1.54, 1.807) is 29.5 Å². The molecular formula is C11H11ClN8. The molecule has 0 unspecified atom stereocenters. The van der Waals surface area contributed by atoms with E-state index in [0.717, 1.165) is 11.3 Å². The van der Waals surface area contributed by atoms with E-state index in [1.807, 2.05) is 6.92 Å². The smallest absolute Gasteiger partial charge is 0.241 e. The van der Waals surface area contributed by atoms with Crippen molar-refractivity contribution >= 4 is 17.5 Å². The van der Waals surface area contributed by atoms with Crippen molar-refractivity contribution < 1.29 is 0 Å². The van der Waals surface area contributed by atoms with Crippen LogP contribution in [-0.2, 0) is 6.54 Å². The minimum Gasteiger partial charge on any atom is -0.350 e. The lowest BCUT2D eigenvalue weighted by atomic mass is 10.3. The van der Waals surface area contributed by atoms with Crippen LogP contribution in [0.4, 0.5) is 5.95 Å². The number of halogens is 1. The maximum Gasteiger partial charge on any atom is 0.241 e. The molecule has 0 spiro atoms. The first-order valence-corrected chi connectivity index (χ1v) is 6.23. The molecule has 3 heterocycles. The van der Waals surface area contributed by atoms with Gasteiger partial charge in [0.1, 0.15) is 6.33 Å². The molecule has 9 heteroatoms. The Hall–Kier alpha value is -2.48. The average molecular weight is 291 g/mol. The molecule has 0 amide bonds. The van der Waals surface area contributed by atoms with Gasteiger partial charge in [0.2, 0.25) is 17.2 Å². The fraction of sp³-hybridized carbons (Fsp3) is 0.182. The topological polar surface area (TPSA) is 97.2 Å². The van der Waals surface area contributed by atoms with Gasteiger partial charge in [0.25, 0.3) is 0 Å². The molecular weight excluding hydrogens is 280 g/mol. The SMILES string of the molecule is Cc1[nH]ncc1CNc1nc(Cl)nc(-n2ccnc2)n1. The normalized spacial score (nSPS) is 10.7. The summed E-state index contributed by atoms with van der Waals surface area (Å²) in [5, 5.41) is 10.0. The molecule has 102 valence electrons. The lowest BCUT2D eigenvalue weighted by Gasteiger charge is -2.06. The number of nitrogens with zero attached hydrogens (tertiary/aromatic N) is 6. The first kappa shape index (κ1) is 12.5. The highest BCUT2D eigenvalue weighted by molar-refractivity contribution is 6.28. The molecule has 0 radical (unpaired) electrons. The highest BCUT2D eigenvalue weighted by atomic mass is 35.5. The molecule has 8 nitrogen and oxygen atoms in total. The Balaban J connectivity index is 1.81. The molecule has 3 aromatic heterocycles. The van der Waals surface area contributed by atoms with Gasteiger partial charge in [-0.15, -0.1) is 0 Å². The summed E-state index contributed by atoms with van der Waals surface area (Å²) in [6.45, 7) is 2.49. The largest absolute Gasteiger partial charge is 0.350 e. The third kappa shape index (κ3) is 2.59. The van der Waals surface area contributed by atoms with Crippen LogP contribution in [0.1, 0.15) is 11.3 Å². The van der Waals surface area contributed by atoms with E-state index >= 15 is 0 Å². The van der Waals surface area contributed by atoms with E-state index < -0.39 is 0 Å². The van der Waals surface area contributed by atoms with Gasteiger partial charge < -0.3 is 5.32 Å². The lowest BCUT2D eigenvalue weighted by Crippen LogP contribution is -2.08. The van der Waals surface area contributed by atoms with E-state index in [1.165, 1.54) is 0 Å². The third-order valence-electron chi connectivity index (χ3n) is 2.70. The van der Waals surface area contributed by atoms with Crippen molar-refractivity contribution in [3.05, 3.63) is 41.5 Å². The average Bonchev–Trinajstić information content (AvgIpc) is 3.07. The van der Waals surface area contributed by atoms with Gasteiger partial charge in [-0.3, -0.25) is 9.67 Å². The monoisotopic (exact) mass is 290 g/mol. The van der Waals surface area contributed by atoms with Crippen LogP contribution in [0.2, 0.25) is 5.28 Å². The Kier molecular flexibility index (Phi) is 3.30. The second-order valence-corrected chi connectivity index (χ2v) is 4.41. The maximum absolute atomic E-state index is 5.90. The van der Waals surface area contributed by atoms with E-state index in [-0.39, 0.29) is 5.28 Å². The molecule has 3 rings (SSSR count). The summed E-state index contributed by atoms with van der Waals surface area (Å²) in [5.74, 6) is 0.809. The highest BCUT2D eigenvalue weighted by Crippen LogP contribution is 2.11. The zero-order valence-corrected chi connectivity index (χ0v) is 11.3. The van der Waals surface area contributed by atoms with Crippen LogP contribution in [0.3, 0.4) is 0 Å². The predicted octanol–water partition coefficient (Wildman–Crippen LogP) is 1.35. The summed E-state index contributed by atoms with van der Waals surface area (Å²) < 4.78 is 1.65. The Morgan fingerprint density at radius 1 is 1.35 bits per heavy atom. The van der Waals surface area contributed by atoms with Gasteiger partial charge in [-0.1, -0.05) is 0 Å². The summed E-state index contributed by atoms with van der Waals surface area (Å²) in [6.07, 6.45) is 6.72. The van der Waals surface area contributed by atoms with Crippen LogP contribution in [0.15, 0.2) is 24.9 Å². The Labute approximate surface area is 119 Å². The fourth-order valence-electron chi connectivity index (χ4n) is 1.64. The molecule has 3 aromatic rings. The van der Waals surface area contributed by atoms with Crippen LogP contribution in [0.5, 0.6) is 0 Å². The Morgan fingerprint density at radius 3 is 2.95 bits per heavy atom. The molecule has 0 bridgehead atoms. The van der Waals surface area contributed by atoms with Crippen LogP contribution in [0, 0.1) is 6.92 Å². The standard InChI is InChI=1S/C11H11ClN8/c1-7-8(5-15-19-7)4-14-10-16-9(12)17-11(18-10)20-3-2-13-6-20/h2-3,5-6H,4H2,1H3,(H,15,19)(H,14,16,17,18). The fourth-order valence-corrected chi connectivity index (χ4v) is 1.80. The molecule has 0 aromatic carbocycles. The Morgan fingerprint density at radius 2 is 2.25 bits per heavy atom. The lowest BCUT2D eigenvalue weighted by molar-refractivity contribution is 0.888. The summed E-state index contributed by atoms with van der Waals surface area (Å²) in [7, 11) is 0. The first-order valence-electron chi connectivity index (χ1n) is 5.85. The molecule has 0 saturated carbocycles.